The van der Waals surface area contributed by atoms with Gasteiger partial charge in [-0.25, -0.2) is 0 Å². The maximum absolute atomic E-state index is 12.0. The standard InChI is InChI=1S/C12H20F3N3O3/c13-12(14,15)8-21-5-3-11(20)18(7-10(16)19)9-2-1-4-17-6-9/h9,17H,1-8H2,(H2,16,19). The molecule has 1 fully saturated rings. The molecule has 0 aromatic rings. The molecule has 1 aliphatic rings. The van der Waals surface area contributed by atoms with Crippen LogP contribution in [0.3, 0.4) is 0 Å². The molecule has 1 saturated heterocycles. The molecular formula is C12H20F3N3O3. The second kappa shape index (κ2) is 8.18. The molecule has 122 valence electrons. The number of hydrogen-bond acceptors (Lipinski definition) is 4. The molecule has 0 aliphatic carbocycles. The third kappa shape index (κ3) is 7.28. The zero-order chi connectivity index (χ0) is 15.9. The predicted octanol–water partition coefficient (Wildman–Crippen LogP) is 0.0213. The molecule has 1 rings (SSSR count). The summed E-state index contributed by atoms with van der Waals surface area (Å²) in [6.07, 6.45) is -3.03. The fraction of sp³-hybridized carbons (Fsp3) is 0.833. The van der Waals surface area contributed by atoms with Gasteiger partial charge in [0.1, 0.15) is 6.61 Å². The Morgan fingerprint density at radius 1 is 1.38 bits per heavy atom. The van der Waals surface area contributed by atoms with Gasteiger partial charge >= 0.3 is 6.18 Å². The van der Waals surface area contributed by atoms with Crippen LogP contribution in [0.15, 0.2) is 0 Å². The number of halogens is 3. The van der Waals surface area contributed by atoms with E-state index in [1.54, 1.807) is 0 Å². The highest BCUT2D eigenvalue weighted by Crippen LogP contribution is 2.15. The Labute approximate surface area is 120 Å². The van der Waals surface area contributed by atoms with Crippen molar-refractivity contribution in [1.29, 1.82) is 0 Å². The van der Waals surface area contributed by atoms with E-state index in [1.807, 2.05) is 0 Å². The maximum Gasteiger partial charge on any atom is 0.411 e. The molecule has 2 amide bonds. The van der Waals surface area contributed by atoms with Gasteiger partial charge in [0.25, 0.3) is 0 Å². The minimum atomic E-state index is -4.41. The molecule has 1 unspecified atom stereocenters. The quantitative estimate of drug-likeness (QED) is 0.649. The molecule has 1 atom stereocenters. The van der Waals surface area contributed by atoms with E-state index in [2.05, 4.69) is 10.1 Å². The van der Waals surface area contributed by atoms with Crippen molar-refractivity contribution < 1.29 is 27.5 Å². The van der Waals surface area contributed by atoms with Gasteiger partial charge in [-0.15, -0.1) is 0 Å². The van der Waals surface area contributed by atoms with Crippen LogP contribution in [0.2, 0.25) is 0 Å². The summed E-state index contributed by atoms with van der Waals surface area (Å²) in [5.41, 5.74) is 5.12. The molecule has 3 N–H and O–H groups in total. The molecule has 0 radical (unpaired) electrons. The maximum atomic E-state index is 12.0. The summed E-state index contributed by atoms with van der Waals surface area (Å²) in [6.45, 7) is -0.578. The first-order valence-electron chi connectivity index (χ1n) is 6.72. The fourth-order valence-electron chi connectivity index (χ4n) is 2.18. The number of rotatable bonds is 7. The fourth-order valence-corrected chi connectivity index (χ4v) is 2.18. The Balaban J connectivity index is 2.45. The third-order valence-electron chi connectivity index (χ3n) is 3.08. The van der Waals surface area contributed by atoms with Crippen molar-refractivity contribution in [3.05, 3.63) is 0 Å². The number of carbonyl (C=O) groups excluding carboxylic acids is 2. The summed E-state index contributed by atoms with van der Waals surface area (Å²) in [6, 6.07) is -0.165. The Kier molecular flexibility index (Phi) is 6.90. The second-order valence-electron chi connectivity index (χ2n) is 4.91. The minimum absolute atomic E-state index is 0.165. The second-order valence-corrected chi connectivity index (χ2v) is 4.91. The number of hydrogen-bond donors (Lipinski definition) is 2. The van der Waals surface area contributed by atoms with Crippen molar-refractivity contribution in [1.82, 2.24) is 10.2 Å². The lowest BCUT2D eigenvalue weighted by atomic mass is 10.1. The highest BCUT2D eigenvalue weighted by atomic mass is 19.4. The number of alkyl halides is 3. The molecular weight excluding hydrogens is 291 g/mol. The lowest BCUT2D eigenvalue weighted by Gasteiger charge is -2.34. The Bertz CT molecular complexity index is 357. The van der Waals surface area contributed by atoms with E-state index >= 15 is 0 Å². The van der Waals surface area contributed by atoms with Crippen LogP contribution in [0.5, 0.6) is 0 Å². The molecule has 1 aliphatic heterocycles. The van der Waals surface area contributed by atoms with Crippen molar-refractivity contribution in [2.45, 2.75) is 31.5 Å². The first-order chi connectivity index (χ1) is 9.79. The van der Waals surface area contributed by atoms with Crippen molar-refractivity contribution in [3.63, 3.8) is 0 Å². The summed E-state index contributed by atoms with van der Waals surface area (Å²) in [5.74, 6) is -1.07. The van der Waals surface area contributed by atoms with E-state index in [1.165, 1.54) is 4.90 Å². The largest absolute Gasteiger partial charge is 0.411 e. The van der Waals surface area contributed by atoms with Crippen LogP contribution >= 0.6 is 0 Å². The van der Waals surface area contributed by atoms with Gasteiger partial charge in [0.15, 0.2) is 0 Å². The van der Waals surface area contributed by atoms with Gasteiger partial charge in [0.05, 0.1) is 19.6 Å². The van der Waals surface area contributed by atoms with Crippen molar-refractivity contribution in [3.8, 4) is 0 Å². The van der Waals surface area contributed by atoms with Gasteiger partial charge < -0.3 is 20.7 Å². The summed E-state index contributed by atoms with van der Waals surface area (Å²) in [7, 11) is 0. The molecule has 6 nitrogen and oxygen atoms in total. The number of piperidine rings is 1. The van der Waals surface area contributed by atoms with Crippen LogP contribution in [-0.4, -0.2) is 61.8 Å². The Hall–Kier alpha value is -1.35. The first-order valence-corrected chi connectivity index (χ1v) is 6.72. The van der Waals surface area contributed by atoms with E-state index in [-0.39, 0.29) is 25.6 Å². The molecule has 0 aromatic carbocycles. The topological polar surface area (TPSA) is 84.7 Å². The average Bonchev–Trinajstić information content (AvgIpc) is 2.40. The van der Waals surface area contributed by atoms with Gasteiger partial charge in [-0.05, 0) is 19.4 Å². The molecule has 21 heavy (non-hydrogen) atoms. The third-order valence-corrected chi connectivity index (χ3v) is 3.08. The van der Waals surface area contributed by atoms with Crippen LogP contribution in [-0.2, 0) is 14.3 Å². The predicted molar refractivity (Wildman–Crippen MR) is 68.3 cm³/mol. The van der Waals surface area contributed by atoms with Gasteiger partial charge in [0, 0.05) is 12.6 Å². The van der Waals surface area contributed by atoms with Crippen molar-refractivity contribution in [2.24, 2.45) is 5.73 Å². The number of amides is 2. The Morgan fingerprint density at radius 2 is 2.10 bits per heavy atom. The van der Waals surface area contributed by atoms with E-state index in [9.17, 15) is 22.8 Å². The molecule has 0 saturated carbocycles. The SMILES string of the molecule is NC(=O)CN(C(=O)CCOCC(F)(F)F)C1CCCNC1. The summed E-state index contributed by atoms with van der Waals surface area (Å²) < 4.78 is 40.1. The van der Waals surface area contributed by atoms with Crippen LogP contribution in [0, 0.1) is 0 Å². The number of carbonyl (C=O) groups is 2. The molecule has 0 spiro atoms. The number of ether oxygens (including phenoxy) is 1. The average molecular weight is 311 g/mol. The van der Waals surface area contributed by atoms with E-state index in [0.717, 1.165) is 19.4 Å². The molecule has 0 aromatic heterocycles. The Morgan fingerprint density at radius 3 is 2.62 bits per heavy atom. The molecule has 9 heteroatoms. The van der Waals surface area contributed by atoms with Gasteiger partial charge in [-0.1, -0.05) is 0 Å². The zero-order valence-corrected chi connectivity index (χ0v) is 11.6. The number of nitrogens with one attached hydrogen (secondary N) is 1. The lowest BCUT2D eigenvalue weighted by Crippen LogP contribution is -2.51. The normalized spacial score (nSPS) is 19.3. The highest BCUT2D eigenvalue weighted by Gasteiger charge is 2.29. The summed E-state index contributed by atoms with van der Waals surface area (Å²) >= 11 is 0. The number of nitrogens with zero attached hydrogens (tertiary/aromatic N) is 1. The smallest absolute Gasteiger partial charge is 0.372 e. The summed E-state index contributed by atoms with van der Waals surface area (Å²) in [5, 5.41) is 3.10. The van der Waals surface area contributed by atoms with Crippen LogP contribution < -0.4 is 11.1 Å². The lowest BCUT2D eigenvalue weighted by molar-refractivity contribution is -0.175. The monoisotopic (exact) mass is 311 g/mol. The molecule has 1 heterocycles. The zero-order valence-electron chi connectivity index (χ0n) is 11.6. The van der Waals surface area contributed by atoms with E-state index in [0.29, 0.717) is 6.54 Å². The summed E-state index contributed by atoms with van der Waals surface area (Å²) in [4.78, 5) is 24.4. The number of primary amides is 1. The highest BCUT2D eigenvalue weighted by molar-refractivity contribution is 5.84. The van der Waals surface area contributed by atoms with E-state index < -0.39 is 24.6 Å². The van der Waals surface area contributed by atoms with Crippen molar-refractivity contribution >= 4 is 11.8 Å². The van der Waals surface area contributed by atoms with Crippen LogP contribution in [0.4, 0.5) is 13.2 Å². The van der Waals surface area contributed by atoms with Crippen LogP contribution in [0.25, 0.3) is 0 Å². The minimum Gasteiger partial charge on any atom is -0.372 e. The first kappa shape index (κ1) is 17.7. The van der Waals surface area contributed by atoms with E-state index in [4.69, 9.17) is 5.73 Å². The van der Waals surface area contributed by atoms with Gasteiger partial charge in [-0.3, -0.25) is 9.59 Å². The molecule has 0 bridgehead atoms. The van der Waals surface area contributed by atoms with Crippen LogP contribution in [0.1, 0.15) is 19.3 Å². The van der Waals surface area contributed by atoms with Crippen molar-refractivity contribution in [2.75, 3.05) is 32.8 Å². The van der Waals surface area contributed by atoms with Gasteiger partial charge in [0.2, 0.25) is 11.8 Å². The number of nitrogens with two attached hydrogens (primary N) is 1. The van der Waals surface area contributed by atoms with Gasteiger partial charge in [-0.2, -0.15) is 13.2 Å².